The molecule has 174 valence electrons. The molecule has 3 aromatic carbocycles. The van der Waals surface area contributed by atoms with Crippen LogP contribution in [0.4, 0.5) is 10.5 Å². The van der Waals surface area contributed by atoms with E-state index in [2.05, 4.69) is 34.9 Å². The number of ether oxygens (including phenoxy) is 1. The zero-order chi connectivity index (χ0) is 24.2. The minimum atomic E-state index is -1.09. The van der Waals surface area contributed by atoms with Crippen molar-refractivity contribution < 1.29 is 24.2 Å². The van der Waals surface area contributed by atoms with Gasteiger partial charge in [-0.1, -0.05) is 62.4 Å². The minimum Gasteiger partial charge on any atom is -0.480 e. The van der Waals surface area contributed by atoms with E-state index in [1.54, 1.807) is 26.0 Å². The topological polar surface area (TPSA) is 105 Å². The molecule has 0 radical (unpaired) electrons. The van der Waals surface area contributed by atoms with Crippen molar-refractivity contribution in [2.24, 2.45) is 5.92 Å². The summed E-state index contributed by atoms with van der Waals surface area (Å²) in [4.78, 5) is 36.1. The predicted octanol–water partition coefficient (Wildman–Crippen LogP) is 4.89. The van der Waals surface area contributed by atoms with Crippen LogP contribution >= 0.6 is 0 Å². The molecular formula is C27H26N2O5. The van der Waals surface area contributed by atoms with Crippen molar-refractivity contribution in [3.63, 3.8) is 0 Å². The first kappa shape index (κ1) is 23.0. The van der Waals surface area contributed by atoms with Crippen LogP contribution in [0, 0.1) is 5.92 Å². The lowest BCUT2D eigenvalue weighted by Gasteiger charge is -2.18. The Morgan fingerprint density at radius 3 is 1.97 bits per heavy atom. The Bertz CT molecular complexity index is 1170. The number of carbonyl (C=O) groups excluding carboxylic acids is 2. The van der Waals surface area contributed by atoms with Gasteiger partial charge in [-0.15, -0.1) is 0 Å². The van der Waals surface area contributed by atoms with Gasteiger partial charge in [0.05, 0.1) is 0 Å². The summed E-state index contributed by atoms with van der Waals surface area (Å²) in [7, 11) is 0. The van der Waals surface area contributed by atoms with Crippen LogP contribution in [0.3, 0.4) is 0 Å². The number of rotatable bonds is 7. The second kappa shape index (κ2) is 9.79. The molecule has 0 aromatic heterocycles. The number of nitrogens with one attached hydrogen (secondary N) is 2. The monoisotopic (exact) mass is 458 g/mol. The summed E-state index contributed by atoms with van der Waals surface area (Å²) in [5.74, 6) is -1.87. The number of amides is 2. The lowest BCUT2D eigenvalue weighted by Crippen LogP contribution is -2.44. The van der Waals surface area contributed by atoms with Gasteiger partial charge in [0, 0.05) is 17.2 Å². The van der Waals surface area contributed by atoms with Crippen LogP contribution in [0.25, 0.3) is 11.1 Å². The average Bonchev–Trinajstić information content (AvgIpc) is 3.15. The number of carboxylic acid groups (broad SMARTS) is 1. The van der Waals surface area contributed by atoms with Gasteiger partial charge >= 0.3 is 12.1 Å². The molecule has 34 heavy (non-hydrogen) atoms. The Morgan fingerprint density at radius 1 is 0.882 bits per heavy atom. The summed E-state index contributed by atoms with van der Waals surface area (Å²) in [5, 5.41) is 14.4. The first-order valence-electron chi connectivity index (χ1n) is 11.1. The molecule has 0 fully saturated rings. The fourth-order valence-corrected chi connectivity index (χ4v) is 4.20. The predicted molar refractivity (Wildman–Crippen MR) is 129 cm³/mol. The number of carboxylic acids is 1. The van der Waals surface area contributed by atoms with E-state index in [9.17, 15) is 19.5 Å². The third kappa shape index (κ3) is 4.78. The van der Waals surface area contributed by atoms with E-state index in [-0.39, 0.29) is 18.4 Å². The maximum absolute atomic E-state index is 12.4. The van der Waals surface area contributed by atoms with Gasteiger partial charge in [0.2, 0.25) is 0 Å². The zero-order valence-corrected chi connectivity index (χ0v) is 18.9. The van der Waals surface area contributed by atoms with Crippen LogP contribution in [0.2, 0.25) is 0 Å². The molecule has 0 aliphatic heterocycles. The molecule has 1 aliphatic carbocycles. The Hall–Kier alpha value is -4.13. The van der Waals surface area contributed by atoms with E-state index in [1.807, 2.05) is 24.3 Å². The van der Waals surface area contributed by atoms with Gasteiger partial charge in [-0.2, -0.15) is 0 Å². The fourth-order valence-electron chi connectivity index (χ4n) is 4.20. The standard InChI is InChI=1S/C27H26N2O5/c1-16(2)24(26(31)32)29-25(30)17-11-13-18(14-12-17)28-27(33)34-15-23-21-9-5-3-7-19(21)20-8-4-6-10-22(20)23/h3-14,16,23-24H,15H2,1-2H3,(H,28,33)(H,29,30)(H,31,32)/t24-/m0/s1. The summed E-state index contributed by atoms with van der Waals surface area (Å²) in [5.41, 5.74) is 5.34. The lowest BCUT2D eigenvalue weighted by molar-refractivity contribution is -0.140. The van der Waals surface area contributed by atoms with Crippen LogP contribution in [-0.4, -0.2) is 35.7 Å². The van der Waals surface area contributed by atoms with Gasteiger partial charge in [0.25, 0.3) is 5.91 Å². The Morgan fingerprint density at radius 2 is 1.44 bits per heavy atom. The van der Waals surface area contributed by atoms with Crippen LogP contribution in [0.15, 0.2) is 72.8 Å². The van der Waals surface area contributed by atoms with Crippen LogP contribution < -0.4 is 10.6 Å². The summed E-state index contributed by atoms with van der Waals surface area (Å²) < 4.78 is 5.53. The van der Waals surface area contributed by atoms with Gasteiger partial charge in [0.15, 0.2) is 0 Å². The summed E-state index contributed by atoms with van der Waals surface area (Å²) >= 11 is 0. The molecule has 3 N–H and O–H groups in total. The molecule has 0 spiro atoms. The molecule has 0 saturated carbocycles. The second-order valence-corrected chi connectivity index (χ2v) is 8.56. The Balaban J connectivity index is 1.36. The SMILES string of the molecule is CC(C)[C@H](NC(=O)c1ccc(NC(=O)OCC2c3ccccc3-c3ccccc32)cc1)C(=O)O. The molecule has 0 saturated heterocycles. The van der Waals surface area contributed by atoms with Gasteiger partial charge in [-0.05, 0) is 52.4 Å². The van der Waals surface area contributed by atoms with Crippen LogP contribution in [0.5, 0.6) is 0 Å². The van der Waals surface area contributed by atoms with Crippen molar-refractivity contribution in [2.45, 2.75) is 25.8 Å². The first-order valence-corrected chi connectivity index (χ1v) is 11.1. The van der Waals surface area contributed by atoms with Gasteiger partial charge < -0.3 is 15.2 Å². The van der Waals surface area contributed by atoms with Crippen LogP contribution in [-0.2, 0) is 9.53 Å². The maximum atomic E-state index is 12.4. The van der Waals surface area contributed by atoms with Crippen molar-refractivity contribution in [3.05, 3.63) is 89.5 Å². The van der Waals surface area contributed by atoms with E-state index >= 15 is 0 Å². The second-order valence-electron chi connectivity index (χ2n) is 8.56. The largest absolute Gasteiger partial charge is 0.480 e. The molecule has 3 aromatic rings. The quantitative estimate of drug-likeness (QED) is 0.468. The maximum Gasteiger partial charge on any atom is 0.411 e. The number of fused-ring (bicyclic) bond motifs is 3. The molecule has 4 rings (SSSR count). The van der Waals surface area contributed by atoms with E-state index in [0.29, 0.717) is 11.3 Å². The third-order valence-corrected chi connectivity index (χ3v) is 5.96. The normalized spacial score (nSPS) is 13.0. The molecule has 7 nitrogen and oxygen atoms in total. The molecule has 0 bridgehead atoms. The van der Waals surface area contributed by atoms with Gasteiger partial charge in [-0.25, -0.2) is 9.59 Å². The molecule has 2 amide bonds. The van der Waals surface area contributed by atoms with E-state index in [0.717, 1.165) is 22.3 Å². The fraction of sp³-hybridized carbons (Fsp3) is 0.222. The molecule has 1 aliphatic rings. The van der Waals surface area contributed by atoms with Gasteiger partial charge in [0.1, 0.15) is 12.6 Å². The number of benzene rings is 3. The highest BCUT2D eigenvalue weighted by molar-refractivity contribution is 5.97. The Labute approximate surface area is 197 Å². The van der Waals surface area contributed by atoms with E-state index < -0.39 is 24.0 Å². The zero-order valence-electron chi connectivity index (χ0n) is 18.9. The molecule has 7 heteroatoms. The summed E-state index contributed by atoms with van der Waals surface area (Å²) in [6, 6.07) is 21.4. The number of carbonyl (C=O) groups is 3. The first-order chi connectivity index (χ1) is 16.3. The molecule has 0 heterocycles. The number of hydrogen-bond donors (Lipinski definition) is 3. The van der Waals surface area contributed by atoms with Crippen molar-refractivity contribution in [1.29, 1.82) is 0 Å². The minimum absolute atomic E-state index is 0.0349. The summed E-state index contributed by atoms with van der Waals surface area (Å²) in [6.07, 6.45) is -0.593. The van der Waals surface area contributed by atoms with Crippen molar-refractivity contribution in [3.8, 4) is 11.1 Å². The number of hydrogen-bond acceptors (Lipinski definition) is 4. The lowest BCUT2D eigenvalue weighted by atomic mass is 9.98. The van der Waals surface area contributed by atoms with Gasteiger partial charge in [-0.3, -0.25) is 10.1 Å². The van der Waals surface area contributed by atoms with E-state index in [4.69, 9.17) is 4.74 Å². The number of anilines is 1. The van der Waals surface area contributed by atoms with Crippen molar-refractivity contribution in [1.82, 2.24) is 5.32 Å². The Kier molecular flexibility index (Phi) is 6.63. The smallest absolute Gasteiger partial charge is 0.411 e. The van der Waals surface area contributed by atoms with Crippen molar-refractivity contribution >= 4 is 23.7 Å². The third-order valence-electron chi connectivity index (χ3n) is 5.96. The molecular weight excluding hydrogens is 432 g/mol. The molecule has 0 unspecified atom stereocenters. The highest BCUT2D eigenvalue weighted by Crippen LogP contribution is 2.44. The molecule has 1 atom stereocenters. The summed E-state index contributed by atoms with van der Waals surface area (Å²) in [6.45, 7) is 3.65. The van der Waals surface area contributed by atoms with Crippen molar-refractivity contribution in [2.75, 3.05) is 11.9 Å². The highest BCUT2D eigenvalue weighted by Gasteiger charge is 2.29. The average molecular weight is 459 g/mol. The van der Waals surface area contributed by atoms with E-state index in [1.165, 1.54) is 12.1 Å². The highest BCUT2D eigenvalue weighted by atomic mass is 16.5. The number of aliphatic carboxylic acids is 1. The van der Waals surface area contributed by atoms with Crippen LogP contribution in [0.1, 0.15) is 41.3 Å².